The summed E-state index contributed by atoms with van der Waals surface area (Å²) in [7, 11) is 0. The summed E-state index contributed by atoms with van der Waals surface area (Å²) in [6.07, 6.45) is 4.19. The Labute approximate surface area is 124 Å². The van der Waals surface area contributed by atoms with Crippen molar-refractivity contribution in [3.63, 3.8) is 0 Å². The predicted molar refractivity (Wildman–Crippen MR) is 85.4 cm³/mol. The number of rotatable bonds is 9. The second-order valence-electron chi connectivity index (χ2n) is 6.03. The lowest BCUT2D eigenvalue weighted by Crippen LogP contribution is -2.07. The van der Waals surface area contributed by atoms with Gasteiger partial charge in [-0.1, -0.05) is 46.8 Å². The van der Waals surface area contributed by atoms with Crippen molar-refractivity contribution in [2.24, 2.45) is 11.8 Å². The zero-order valence-corrected chi connectivity index (χ0v) is 13.6. The Balaban J connectivity index is 2.70. The molecule has 0 aliphatic carbocycles. The third-order valence-electron chi connectivity index (χ3n) is 3.21. The van der Waals surface area contributed by atoms with Gasteiger partial charge in [0, 0.05) is 5.56 Å². The molecular weight excluding hydrogens is 248 g/mol. The molecule has 1 rings (SSSR count). The molecule has 0 saturated heterocycles. The maximum atomic E-state index is 5.97. The van der Waals surface area contributed by atoms with Crippen LogP contribution in [0.3, 0.4) is 0 Å². The summed E-state index contributed by atoms with van der Waals surface area (Å²) in [5, 5.41) is 0. The number of ether oxygens (including phenoxy) is 2. The van der Waals surface area contributed by atoms with Gasteiger partial charge in [-0.3, -0.25) is 0 Å². The summed E-state index contributed by atoms with van der Waals surface area (Å²) in [5.41, 5.74) is 1.11. The topological polar surface area (TPSA) is 18.5 Å². The molecule has 1 radical (unpaired) electrons. The first-order valence-electron chi connectivity index (χ1n) is 7.72. The van der Waals surface area contributed by atoms with Crippen LogP contribution in [-0.2, 0) is 0 Å². The molecule has 0 spiro atoms. The Bertz CT molecular complexity index is 383. The van der Waals surface area contributed by atoms with E-state index in [-0.39, 0.29) is 0 Å². The predicted octanol–water partition coefficient (Wildman–Crippen LogP) is 5.11. The SMILES string of the molecule is C[CH]c1cccc(OCCC(C)C)c1OCCC(C)C. The van der Waals surface area contributed by atoms with Gasteiger partial charge in [0.1, 0.15) is 0 Å². The molecule has 0 N–H and O–H groups in total. The largest absolute Gasteiger partial charge is 0.490 e. The third-order valence-corrected chi connectivity index (χ3v) is 3.21. The number of para-hydroxylation sites is 1. The van der Waals surface area contributed by atoms with Gasteiger partial charge in [-0.2, -0.15) is 0 Å². The molecule has 2 heteroatoms. The van der Waals surface area contributed by atoms with Crippen LogP contribution in [0.2, 0.25) is 0 Å². The second-order valence-corrected chi connectivity index (χ2v) is 6.03. The molecule has 0 aromatic heterocycles. The first-order chi connectivity index (χ1) is 9.54. The first-order valence-corrected chi connectivity index (χ1v) is 7.72. The van der Waals surface area contributed by atoms with Gasteiger partial charge in [-0.25, -0.2) is 0 Å². The van der Waals surface area contributed by atoms with E-state index in [0.29, 0.717) is 11.8 Å². The van der Waals surface area contributed by atoms with Gasteiger partial charge in [-0.05, 0) is 37.2 Å². The minimum atomic E-state index is 0.651. The van der Waals surface area contributed by atoms with Gasteiger partial charge < -0.3 is 9.47 Å². The summed E-state index contributed by atoms with van der Waals surface area (Å²) in [6.45, 7) is 12.3. The maximum Gasteiger partial charge on any atom is 0.164 e. The molecule has 0 atom stereocenters. The summed E-state index contributed by atoms with van der Waals surface area (Å²) in [5.74, 6) is 3.06. The molecule has 0 heterocycles. The van der Waals surface area contributed by atoms with Gasteiger partial charge in [0.25, 0.3) is 0 Å². The van der Waals surface area contributed by atoms with Crippen molar-refractivity contribution >= 4 is 0 Å². The molecule has 0 aliphatic rings. The number of benzene rings is 1. The molecular formula is C18H29O2. The number of hydrogen-bond donors (Lipinski definition) is 0. The molecule has 0 saturated carbocycles. The molecule has 20 heavy (non-hydrogen) atoms. The van der Waals surface area contributed by atoms with E-state index < -0.39 is 0 Å². The standard InChI is InChI=1S/C18H29O2/c1-6-16-8-7-9-17(19-12-10-14(2)3)18(16)20-13-11-15(4)5/h6-9,14-15H,10-13H2,1-5H3. The Morgan fingerprint density at radius 2 is 1.55 bits per heavy atom. The van der Waals surface area contributed by atoms with Crippen molar-refractivity contribution < 1.29 is 9.47 Å². The highest BCUT2D eigenvalue weighted by atomic mass is 16.5. The first kappa shape index (κ1) is 16.9. The van der Waals surface area contributed by atoms with Crippen LogP contribution in [0, 0.1) is 18.3 Å². The normalized spacial score (nSPS) is 11.2. The Kier molecular flexibility index (Phi) is 7.50. The van der Waals surface area contributed by atoms with E-state index in [4.69, 9.17) is 9.47 Å². The monoisotopic (exact) mass is 277 g/mol. The van der Waals surface area contributed by atoms with Crippen LogP contribution in [0.15, 0.2) is 18.2 Å². The van der Waals surface area contributed by atoms with Crippen molar-refractivity contribution in [3.8, 4) is 11.5 Å². The van der Waals surface area contributed by atoms with E-state index in [1.54, 1.807) is 0 Å². The second kappa shape index (κ2) is 8.89. The smallest absolute Gasteiger partial charge is 0.164 e. The lowest BCUT2D eigenvalue weighted by atomic mass is 10.1. The van der Waals surface area contributed by atoms with Gasteiger partial charge in [-0.15, -0.1) is 0 Å². The fourth-order valence-corrected chi connectivity index (χ4v) is 1.83. The Morgan fingerprint density at radius 1 is 0.950 bits per heavy atom. The lowest BCUT2D eigenvalue weighted by molar-refractivity contribution is 0.245. The van der Waals surface area contributed by atoms with E-state index in [9.17, 15) is 0 Å². The van der Waals surface area contributed by atoms with E-state index in [2.05, 4.69) is 40.2 Å². The molecule has 0 aliphatic heterocycles. The zero-order valence-electron chi connectivity index (χ0n) is 13.6. The average Bonchev–Trinajstić information content (AvgIpc) is 2.39. The fraction of sp³-hybridized carbons (Fsp3) is 0.611. The van der Waals surface area contributed by atoms with Crippen LogP contribution >= 0.6 is 0 Å². The van der Waals surface area contributed by atoms with E-state index in [0.717, 1.165) is 43.1 Å². The third kappa shape index (κ3) is 5.85. The molecule has 0 unspecified atom stereocenters. The highest BCUT2D eigenvalue weighted by molar-refractivity contribution is 5.49. The van der Waals surface area contributed by atoms with Crippen molar-refractivity contribution in [3.05, 3.63) is 30.2 Å². The number of hydrogen-bond acceptors (Lipinski definition) is 2. The van der Waals surface area contributed by atoms with Crippen molar-refractivity contribution in [1.29, 1.82) is 0 Å². The van der Waals surface area contributed by atoms with Crippen LogP contribution in [0.4, 0.5) is 0 Å². The maximum absolute atomic E-state index is 5.97. The summed E-state index contributed by atoms with van der Waals surface area (Å²) >= 11 is 0. The highest BCUT2D eigenvalue weighted by Gasteiger charge is 2.11. The van der Waals surface area contributed by atoms with Crippen LogP contribution in [-0.4, -0.2) is 13.2 Å². The molecule has 1 aromatic rings. The molecule has 1 aromatic carbocycles. The molecule has 2 nitrogen and oxygen atoms in total. The lowest BCUT2D eigenvalue weighted by Gasteiger charge is -2.17. The highest BCUT2D eigenvalue weighted by Crippen LogP contribution is 2.32. The average molecular weight is 277 g/mol. The minimum Gasteiger partial charge on any atom is -0.490 e. The van der Waals surface area contributed by atoms with Crippen molar-refractivity contribution in [2.45, 2.75) is 47.5 Å². The van der Waals surface area contributed by atoms with Crippen LogP contribution < -0.4 is 9.47 Å². The fourth-order valence-electron chi connectivity index (χ4n) is 1.83. The van der Waals surface area contributed by atoms with Crippen LogP contribution in [0.25, 0.3) is 0 Å². The Morgan fingerprint density at radius 3 is 2.10 bits per heavy atom. The molecule has 113 valence electrons. The van der Waals surface area contributed by atoms with Gasteiger partial charge in [0.15, 0.2) is 11.5 Å². The summed E-state index contributed by atoms with van der Waals surface area (Å²) in [6, 6.07) is 6.09. The minimum absolute atomic E-state index is 0.651. The van der Waals surface area contributed by atoms with Gasteiger partial charge in [0.2, 0.25) is 0 Å². The molecule has 0 amide bonds. The molecule has 0 fully saturated rings. The summed E-state index contributed by atoms with van der Waals surface area (Å²) < 4.78 is 11.9. The Hall–Kier alpha value is -1.18. The summed E-state index contributed by atoms with van der Waals surface area (Å²) in [4.78, 5) is 0. The van der Waals surface area contributed by atoms with E-state index in [1.165, 1.54) is 0 Å². The van der Waals surface area contributed by atoms with Gasteiger partial charge in [0.05, 0.1) is 13.2 Å². The van der Waals surface area contributed by atoms with Crippen LogP contribution in [0.5, 0.6) is 11.5 Å². The quantitative estimate of drug-likeness (QED) is 0.624. The van der Waals surface area contributed by atoms with Gasteiger partial charge >= 0.3 is 0 Å². The van der Waals surface area contributed by atoms with Crippen LogP contribution in [0.1, 0.15) is 53.0 Å². The van der Waals surface area contributed by atoms with Crippen molar-refractivity contribution in [2.75, 3.05) is 13.2 Å². The van der Waals surface area contributed by atoms with Crippen molar-refractivity contribution in [1.82, 2.24) is 0 Å². The van der Waals surface area contributed by atoms with E-state index >= 15 is 0 Å². The van der Waals surface area contributed by atoms with E-state index in [1.807, 2.05) is 19.1 Å². The molecule has 0 bridgehead atoms. The zero-order chi connectivity index (χ0) is 15.0.